The second-order valence-electron chi connectivity index (χ2n) is 11.6. The number of aliphatic hydroxyl groups excluding tert-OH is 2. The van der Waals surface area contributed by atoms with Gasteiger partial charge in [0.25, 0.3) is 0 Å². The lowest BCUT2D eigenvalue weighted by Gasteiger charge is -2.47. The van der Waals surface area contributed by atoms with Crippen molar-refractivity contribution in [3.63, 3.8) is 0 Å². The summed E-state index contributed by atoms with van der Waals surface area (Å²) in [6.45, 7) is 12.4. The van der Waals surface area contributed by atoms with E-state index in [0.717, 1.165) is 23.3 Å². The standard InChI is InChI=1S/C27H36O5/c1-16-9-18(28)10-17-7-8-26(5,32-23(16)17)13-20(30)12-25(4)15-21-22(31)11-19(29)14-27(25,6)24(21,2)3/h9-11,14,21,28-29,31H,7-8,12-13,15H2,1-6H3/t21?,25-,26?,27-/m1/s1. The zero-order chi connectivity index (χ0) is 23.7. The van der Waals surface area contributed by atoms with Crippen LogP contribution in [0.15, 0.2) is 35.8 Å². The predicted octanol–water partition coefficient (Wildman–Crippen LogP) is 6.09. The van der Waals surface area contributed by atoms with E-state index in [9.17, 15) is 20.1 Å². The maximum absolute atomic E-state index is 13.4. The zero-order valence-corrected chi connectivity index (χ0v) is 20.1. The largest absolute Gasteiger partial charge is 0.512 e. The minimum absolute atomic E-state index is 0.0665. The van der Waals surface area contributed by atoms with Gasteiger partial charge in [0.1, 0.15) is 28.6 Å². The van der Waals surface area contributed by atoms with E-state index < -0.39 is 16.4 Å². The van der Waals surface area contributed by atoms with Gasteiger partial charge >= 0.3 is 0 Å². The highest BCUT2D eigenvalue weighted by molar-refractivity contribution is 5.80. The van der Waals surface area contributed by atoms with Crippen molar-refractivity contribution >= 4 is 5.78 Å². The molecular formula is C27H36O5. The minimum Gasteiger partial charge on any atom is -0.512 e. The van der Waals surface area contributed by atoms with E-state index in [1.165, 1.54) is 6.08 Å². The number of aryl methyl sites for hydroxylation is 2. The van der Waals surface area contributed by atoms with Crippen molar-refractivity contribution in [3.05, 3.63) is 46.9 Å². The Bertz CT molecular complexity index is 1030. The smallest absolute Gasteiger partial charge is 0.137 e. The third-order valence-corrected chi connectivity index (χ3v) is 8.97. The Balaban J connectivity index is 1.56. The lowest BCUT2D eigenvalue weighted by Crippen LogP contribution is -2.44. The number of phenols is 1. The van der Waals surface area contributed by atoms with Crippen LogP contribution in [0.25, 0.3) is 0 Å². The summed E-state index contributed by atoms with van der Waals surface area (Å²) < 4.78 is 6.35. The fourth-order valence-corrected chi connectivity index (χ4v) is 6.63. The number of Topliss-reactive ketones (excluding diaryl/α,β-unsaturated/α-hetero) is 1. The molecule has 3 N–H and O–H groups in total. The van der Waals surface area contributed by atoms with E-state index in [4.69, 9.17) is 4.74 Å². The number of benzene rings is 1. The predicted molar refractivity (Wildman–Crippen MR) is 124 cm³/mol. The van der Waals surface area contributed by atoms with Crippen LogP contribution in [0, 0.1) is 29.1 Å². The van der Waals surface area contributed by atoms with Gasteiger partial charge in [0.2, 0.25) is 0 Å². The van der Waals surface area contributed by atoms with E-state index >= 15 is 0 Å². The number of hydrogen-bond donors (Lipinski definition) is 3. The van der Waals surface area contributed by atoms with Gasteiger partial charge in [-0.3, -0.25) is 4.79 Å². The molecule has 3 aliphatic rings. The summed E-state index contributed by atoms with van der Waals surface area (Å²) in [6.07, 6.45) is 6.12. The molecule has 2 aliphatic carbocycles. The molecule has 32 heavy (non-hydrogen) atoms. The average Bonchev–Trinajstić information content (AvgIpc) is 2.75. The first kappa shape index (κ1) is 22.8. The summed E-state index contributed by atoms with van der Waals surface area (Å²) in [5.74, 6) is 1.30. The van der Waals surface area contributed by atoms with Gasteiger partial charge in [0, 0.05) is 30.3 Å². The minimum atomic E-state index is -0.594. The lowest BCUT2D eigenvalue weighted by atomic mass is 9.56. The Labute approximate surface area is 190 Å². The molecule has 1 heterocycles. The van der Waals surface area contributed by atoms with E-state index in [1.54, 1.807) is 12.1 Å². The van der Waals surface area contributed by atoms with Crippen molar-refractivity contribution < 1.29 is 24.9 Å². The van der Waals surface area contributed by atoms with Crippen molar-refractivity contribution in [2.45, 2.75) is 79.2 Å². The summed E-state index contributed by atoms with van der Waals surface area (Å²) in [4.78, 5) is 13.4. The zero-order valence-electron chi connectivity index (χ0n) is 20.1. The van der Waals surface area contributed by atoms with Crippen LogP contribution in [0.4, 0.5) is 0 Å². The van der Waals surface area contributed by atoms with Crippen molar-refractivity contribution in [2.24, 2.45) is 22.2 Å². The Kier molecular flexibility index (Phi) is 5.00. The Morgan fingerprint density at radius 3 is 2.47 bits per heavy atom. The molecule has 2 bridgehead atoms. The second kappa shape index (κ2) is 7.03. The van der Waals surface area contributed by atoms with Gasteiger partial charge in [0.15, 0.2) is 0 Å². The summed E-state index contributed by atoms with van der Waals surface area (Å²) in [5.41, 5.74) is 0.0970. The molecule has 0 saturated heterocycles. The average molecular weight is 441 g/mol. The van der Waals surface area contributed by atoms with Crippen LogP contribution < -0.4 is 4.74 Å². The molecule has 2 unspecified atom stereocenters. The SMILES string of the molecule is Cc1cc(O)cc2c1OC(C)(CC(=O)C[C@]1(C)CC3C(O)=CC(O)=C[C@]1(C)C3(C)C)CC2. The number of fused-ring (bicyclic) bond motifs is 3. The molecule has 1 aliphatic heterocycles. The second-order valence-corrected chi connectivity index (χ2v) is 11.6. The van der Waals surface area contributed by atoms with E-state index in [0.29, 0.717) is 25.7 Å². The molecule has 4 atom stereocenters. The molecular weight excluding hydrogens is 404 g/mol. The maximum atomic E-state index is 13.4. The molecule has 5 heteroatoms. The first-order chi connectivity index (χ1) is 14.7. The van der Waals surface area contributed by atoms with Crippen LogP contribution in [0.2, 0.25) is 0 Å². The summed E-state index contributed by atoms with van der Waals surface area (Å²) in [7, 11) is 0. The topological polar surface area (TPSA) is 87.0 Å². The lowest BCUT2D eigenvalue weighted by molar-refractivity contribution is -0.127. The monoisotopic (exact) mass is 440 g/mol. The number of ketones is 1. The number of phenolic OH excluding ortho intramolecular Hbond substituents is 1. The number of allylic oxidation sites excluding steroid dienone is 3. The van der Waals surface area contributed by atoms with Crippen LogP contribution in [0.5, 0.6) is 11.5 Å². The third kappa shape index (κ3) is 3.32. The van der Waals surface area contributed by atoms with Gasteiger partial charge in [-0.05, 0) is 73.3 Å². The van der Waals surface area contributed by atoms with Gasteiger partial charge in [-0.2, -0.15) is 0 Å². The van der Waals surface area contributed by atoms with Crippen molar-refractivity contribution in [1.82, 2.24) is 0 Å². The van der Waals surface area contributed by atoms with Gasteiger partial charge < -0.3 is 20.1 Å². The van der Waals surface area contributed by atoms with Crippen LogP contribution >= 0.6 is 0 Å². The highest BCUT2D eigenvalue weighted by Crippen LogP contribution is 2.69. The fourth-order valence-electron chi connectivity index (χ4n) is 6.63. The van der Waals surface area contributed by atoms with Gasteiger partial charge in [-0.25, -0.2) is 0 Å². The van der Waals surface area contributed by atoms with Crippen LogP contribution in [0.3, 0.4) is 0 Å². The molecule has 4 rings (SSSR count). The van der Waals surface area contributed by atoms with E-state index in [1.807, 2.05) is 19.9 Å². The number of carbonyl (C=O) groups excluding carboxylic acids is 1. The Morgan fingerprint density at radius 1 is 1.09 bits per heavy atom. The molecule has 174 valence electrons. The number of carbonyl (C=O) groups is 1. The number of aromatic hydroxyl groups is 1. The highest BCUT2D eigenvalue weighted by atomic mass is 16.5. The highest BCUT2D eigenvalue weighted by Gasteiger charge is 2.64. The summed E-state index contributed by atoms with van der Waals surface area (Å²) in [5, 5.41) is 30.9. The number of rotatable bonds is 4. The maximum Gasteiger partial charge on any atom is 0.137 e. The molecule has 0 amide bonds. The van der Waals surface area contributed by atoms with Crippen LogP contribution in [0.1, 0.15) is 71.4 Å². The molecule has 1 aromatic rings. The van der Waals surface area contributed by atoms with E-state index in [2.05, 4.69) is 27.7 Å². The van der Waals surface area contributed by atoms with Crippen molar-refractivity contribution in [3.8, 4) is 11.5 Å². The normalized spacial score (nSPS) is 35.2. The van der Waals surface area contributed by atoms with E-state index in [-0.39, 0.29) is 34.4 Å². The summed E-state index contributed by atoms with van der Waals surface area (Å²) >= 11 is 0. The molecule has 5 nitrogen and oxygen atoms in total. The van der Waals surface area contributed by atoms with Gasteiger partial charge in [-0.15, -0.1) is 0 Å². The first-order valence-corrected chi connectivity index (χ1v) is 11.6. The van der Waals surface area contributed by atoms with Crippen molar-refractivity contribution in [2.75, 3.05) is 0 Å². The molecule has 0 aromatic heterocycles. The van der Waals surface area contributed by atoms with Crippen LogP contribution in [-0.4, -0.2) is 26.7 Å². The third-order valence-electron chi connectivity index (χ3n) is 8.97. The fraction of sp³-hybridized carbons (Fsp3) is 0.593. The van der Waals surface area contributed by atoms with Crippen molar-refractivity contribution in [1.29, 1.82) is 0 Å². The quantitative estimate of drug-likeness (QED) is 0.527. The molecule has 0 radical (unpaired) electrons. The molecule has 1 aromatic carbocycles. The molecule has 0 spiro atoms. The summed E-state index contributed by atoms with van der Waals surface area (Å²) in [6, 6.07) is 3.44. The number of hydrogen-bond acceptors (Lipinski definition) is 5. The van der Waals surface area contributed by atoms with Crippen LogP contribution in [-0.2, 0) is 11.2 Å². The number of ether oxygens (including phenoxy) is 1. The van der Waals surface area contributed by atoms with Gasteiger partial charge in [0.05, 0.1) is 5.76 Å². The molecule has 1 fully saturated rings. The van der Waals surface area contributed by atoms with Gasteiger partial charge in [-0.1, -0.05) is 27.7 Å². The molecule has 1 saturated carbocycles. The Hall–Kier alpha value is -2.43. The Morgan fingerprint density at radius 2 is 1.78 bits per heavy atom. The first-order valence-electron chi connectivity index (χ1n) is 11.6. The number of aliphatic hydroxyl groups is 2.